The molecule has 0 aliphatic heterocycles. The number of nitrogens with one attached hydrogen (secondary N) is 1. The Morgan fingerprint density at radius 2 is 1.90 bits per heavy atom. The molecule has 1 heterocycles. The van der Waals surface area contributed by atoms with Gasteiger partial charge in [0.05, 0.1) is 0 Å². The third kappa shape index (κ3) is 3.23. The summed E-state index contributed by atoms with van der Waals surface area (Å²) >= 11 is 1.45. The molecule has 1 aromatic heterocycles. The molecule has 20 heavy (non-hydrogen) atoms. The summed E-state index contributed by atoms with van der Waals surface area (Å²) in [5.74, 6) is -1.17. The van der Waals surface area contributed by atoms with Crippen LogP contribution in [0.1, 0.15) is 30.3 Å². The lowest BCUT2D eigenvalue weighted by molar-refractivity contribution is 0.0578. The standard InChI is InChI=1S/C15H17F2NOS/c1-10(14-11(16)5-3-6-12(14)17)18-9-15(2,19)13-7-4-8-20-13/h3-8,10,18-19H,9H2,1-2H3. The van der Waals surface area contributed by atoms with Crippen molar-refractivity contribution in [3.8, 4) is 0 Å². The quantitative estimate of drug-likeness (QED) is 0.884. The first-order valence-electron chi connectivity index (χ1n) is 6.35. The molecule has 108 valence electrons. The van der Waals surface area contributed by atoms with Crippen LogP contribution in [-0.2, 0) is 5.60 Å². The van der Waals surface area contributed by atoms with Gasteiger partial charge < -0.3 is 10.4 Å². The number of hydrogen-bond donors (Lipinski definition) is 2. The largest absolute Gasteiger partial charge is 0.383 e. The minimum atomic E-state index is -1.07. The summed E-state index contributed by atoms with van der Waals surface area (Å²) in [5.41, 5.74) is -1.07. The van der Waals surface area contributed by atoms with Crippen molar-refractivity contribution in [3.63, 3.8) is 0 Å². The van der Waals surface area contributed by atoms with Crippen molar-refractivity contribution < 1.29 is 13.9 Å². The Balaban J connectivity index is 2.07. The van der Waals surface area contributed by atoms with E-state index in [0.717, 1.165) is 4.88 Å². The lowest BCUT2D eigenvalue weighted by Gasteiger charge is -2.25. The highest BCUT2D eigenvalue weighted by atomic mass is 32.1. The first-order chi connectivity index (χ1) is 9.42. The minimum absolute atomic E-state index is 0.00511. The molecule has 5 heteroatoms. The summed E-state index contributed by atoms with van der Waals surface area (Å²) in [5, 5.41) is 15.2. The van der Waals surface area contributed by atoms with Gasteiger partial charge in [0.15, 0.2) is 0 Å². The normalized spacial score (nSPS) is 15.8. The summed E-state index contributed by atoms with van der Waals surface area (Å²) in [6.07, 6.45) is 0. The van der Waals surface area contributed by atoms with Gasteiger partial charge in [-0.25, -0.2) is 8.78 Å². The van der Waals surface area contributed by atoms with E-state index in [1.807, 2.05) is 17.5 Å². The van der Waals surface area contributed by atoms with E-state index in [9.17, 15) is 13.9 Å². The molecular formula is C15H17F2NOS. The molecule has 2 nitrogen and oxygen atoms in total. The van der Waals surface area contributed by atoms with Gasteiger partial charge in [-0.15, -0.1) is 11.3 Å². The Bertz CT molecular complexity index is 549. The smallest absolute Gasteiger partial charge is 0.130 e. The van der Waals surface area contributed by atoms with Crippen molar-refractivity contribution in [2.75, 3.05) is 6.54 Å². The number of rotatable bonds is 5. The van der Waals surface area contributed by atoms with Gasteiger partial charge in [-0.1, -0.05) is 12.1 Å². The third-order valence-electron chi connectivity index (χ3n) is 3.24. The molecule has 0 saturated carbocycles. The van der Waals surface area contributed by atoms with E-state index >= 15 is 0 Å². The maximum Gasteiger partial charge on any atom is 0.130 e. The van der Waals surface area contributed by atoms with Gasteiger partial charge in [0.1, 0.15) is 17.2 Å². The van der Waals surface area contributed by atoms with Crippen molar-refractivity contribution in [2.45, 2.75) is 25.5 Å². The van der Waals surface area contributed by atoms with Gasteiger partial charge >= 0.3 is 0 Å². The second-order valence-corrected chi connectivity index (χ2v) is 5.94. The minimum Gasteiger partial charge on any atom is -0.383 e. The van der Waals surface area contributed by atoms with Crippen LogP contribution in [-0.4, -0.2) is 11.7 Å². The van der Waals surface area contributed by atoms with E-state index in [0.29, 0.717) is 0 Å². The van der Waals surface area contributed by atoms with Gasteiger partial charge in [0.25, 0.3) is 0 Å². The van der Waals surface area contributed by atoms with Gasteiger partial charge in [-0.05, 0) is 37.4 Å². The molecule has 2 unspecified atom stereocenters. The summed E-state index contributed by atoms with van der Waals surface area (Å²) in [6, 6.07) is 6.96. The summed E-state index contributed by atoms with van der Waals surface area (Å²) in [4.78, 5) is 0.811. The SMILES string of the molecule is CC(NCC(C)(O)c1cccs1)c1c(F)cccc1F. The van der Waals surface area contributed by atoms with Gasteiger partial charge in [-0.3, -0.25) is 0 Å². The first-order valence-corrected chi connectivity index (χ1v) is 7.23. The van der Waals surface area contributed by atoms with E-state index in [-0.39, 0.29) is 12.1 Å². The van der Waals surface area contributed by atoms with Crippen molar-refractivity contribution >= 4 is 11.3 Å². The zero-order valence-electron chi connectivity index (χ0n) is 11.4. The van der Waals surface area contributed by atoms with E-state index in [1.54, 1.807) is 13.8 Å². The molecule has 0 saturated heterocycles. The number of hydrogen-bond acceptors (Lipinski definition) is 3. The molecule has 0 spiro atoms. The monoisotopic (exact) mass is 297 g/mol. The lowest BCUT2D eigenvalue weighted by atomic mass is 10.0. The maximum atomic E-state index is 13.7. The van der Waals surface area contributed by atoms with Crippen molar-refractivity contribution in [3.05, 3.63) is 57.8 Å². The molecule has 0 amide bonds. The Hall–Kier alpha value is -1.30. The van der Waals surface area contributed by atoms with Crippen LogP contribution in [0.3, 0.4) is 0 Å². The van der Waals surface area contributed by atoms with Crippen molar-refractivity contribution in [1.29, 1.82) is 0 Å². The second kappa shape index (κ2) is 5.99. The van der Waals surface area contributed by atoms with Crippen LogP contribution in [0.4, 0.5) is 8.78 Å². The molecule has 0 radical (unpaired) electrons. The Kier molecular flexibility index (Phi) is 4.52. The van der Waals surface area contributed by atoms with Crippen LogP contribution >= 0.6 is 11.3 Å². The van der Waals surface area contributed by atoms with E-state index in [1.165, 1.54) is 29.5 Å². The lowest BCUT2D eigenvalue weighted by Crippen LogP contribution is -2.36. The fourth-order valence-electron chi connectivity index (χ4n) is 2.05. The molecule has 2 rings (SSSR count). The topological polar surface area (TPSA) is 32.3 Å². The number of halogens is 2. The fraction of sp³-hybridized carbons (Fsp3) is 0.333. The summed E-state index contributed by atoms with van der Waals surface area (Å²) < 4.78 is 27.3. The van der Waals surface area contributed by atoms with Crippen LogP contribution in [0.2, 0.25) is 0 Å². The molecule has 2 aromatic rings. The van der Waals surface area contributed by atoms with Gasteiger partial charge in [0.2, 0.25) is 0 Å². The maximum absolute atomic E-state index is 13.7. The molecule has 2 N–H and O–H groups in total. The predicted molar refractivity (Wildman–Crippen MR) is 76.7 cm³/mol. The van der Waals surface area contributed by atoms with Crippen LogP contribution in [0.5, 0.6) is 0 Å². The van der Waals surface area contributed by atoms with Crippen LogP contribution in [0.15, 0.2) is 35.7 Å². The van der Waals surface area contributed by atoms with Crippen molar-refractivity contribution in [1.82, 2.24) is 5.32 Å². The van der Waals surface area contributed by atoms with E-state index < -0.39 is 23.3 Å². The third-order valence-corrected chi connectivity index (χ3v) is 4.36. The van der Waals surface area contributed by atoms with Crippen LogP contribution in [0, 0.1) is 11.6 Å². The van der Waals surface area contributed by atoms with Gasteiger partial charge in [-0.2, -0.15) is 0 Å². The average Bonchev–Trinajstić information content (AvgIpc) is 2.91. The number of aliphatic hydroxyl groups is 1. The molecule has 2 atom stereocenters. The predicted octanol–water partition coefficient (Wildman–Crippen LogP) is 3.58. The second-order valence-electron chi connectivity index (χ2n) is 4.99. The number of thiophene rings is 1. The molecule has 0 aliphatic carbocycles. The molecule has 0 bridgehead atoms. The van der Waals surface area contributed by atoms with Crippen LogP contribution < -0.4 is 5.32 Å². The van der Waals surface area contributed by atoms with E-state index in [2.05, 4.69) is 5.32 Å². The summed E-state index contributed by atoms with van der Waals surface area (Å²) in [6.45, 7) is 3.56. The van der Waals surface area contributed by atoms with E-state index in [4.69, 9.17) is 0 Å². The van der Waals surface area contributed by atoms with Crippen LogP contribution in [0.25, 0.3) is 0 Å². The first kappa shape index (κ1) is 15.1. The highest BCUT2D eigenvalue weighted by Gasteiger charge is 2.26. The molecule has 1 aromatic carbocycles. The molecule has 0 aliphatic rings. The Morgan fingerprint density at radius 3 is 2.45 bits per heavy atom. The fourth-order valence-corrected chi connectivity index (χ4v) is 2.84. The average molecular weight is 297 g/mol. The molecular weight excluding hydrogens is 280 g/mol. The number of benzene rings is 1. The highest BCUT2D eigenvalue weighted by molar-refractivity contribution is 7.10. The van der Waals surface area contributed by atoms with Crippen molar-refractivity contribution in [2.24, 2.45) is 0 Å². The Labute approximate surface area is 121 Å². The summed E-state index contributed by atoms with van der Waals surface area (Å²) in [7, 11) is 0. The zero-order chi connectivity index (χ0) is 14.8. The zero-order valence-corrected chi connectivity index (χ0v) is 12.2. The highest BCUT2D eigenvalue weighted by Crippen LogP contribution is 2.26. The van der Waals surface area contributed by atoms with Gasteiger partial charge in [0, 0.05) is 23.0 Å². The Morgan fingerprint density at radius 1 is 1.25 bits per heavy atom. The molecule has 0 fully saturated rings.